The maximum absolute atomic E-state index is 10.7. The first-order valence-corrected chi connectivity index (χ1v) is 6.89. The number of ether oxygens (including phenoxy) is 1. The highest BCUT2D eigenvalue weighted by Crippen LogP contribution is 2.29. The van der Waals surface area contributed by atoms with E-state index >= 15 is 0 Å². The van der Waals surface area contributed by atoms with Crippen LogP contribution in [0.4, 0.5) is 0 Å². The van der Waals surface area contributed by atoms with Crippen molar-refractivity contribution in [2.75, 3.05) is 26.8 Å². The average molecular weight is 265 g/mol. The fourth-order valence-electron chi connectivity index (χ4n) is 2.31. The second-order valence-electron chi connectivity index (χ2n) is 5.52. The molecular formula is C16H27NO2. The molecule has 0 aromatic heterocycles. The van der Waals surface area contributed by atoms with Gasteiger partial charge in [-0.05, 0) is 62.9 Å². The van der Waals surface area contributed by atoms with Crippen LogP contribution in [-0.4, -0.2) is 31.9 Å². The fourth-order valence-corrected chi connectivity index (χ4v) is 2.31. The van der Waals surface area contributed by atoms with E-state index in [1.54, 1.807) is 7.11 Å². The molecule has 0 aliphatic heterocycles. The van der Waals surface area contributed by atoms with Crippen molar-refractivity contribution in [1.82, 2.24) is 5.32 Å². The summed E-state index contributed by atoms with van der Waals surface area (Å²) in [5.74, 6) is 0. The van der Waals surface area contributed by atoms with E-state index in [9.17, 15) is 5.11 Å². The summed E-state index contributed by atoms with van der Waals surface area (Å²) in [5, 5.41) is 13.9. The van der Waals surface area contributed by atoms with Crippen molar-refractivity contribution >= 4 is 0 Å². The third-order valence-corrected chi connectivity index (χ3v) is 3.69. The average Bonchev–Trinajstić information content (AvgIpc) is 2.33. The maximum Gasteiger partial charge on any atom is 0.0883 e. The molecule has 0 heterocycles. The SMILES string of the molecule is COCCNCCC(C)(O)c1cc(C)c(C)cc1C. The minimum Gasteiger partial charge on any atom is -0.385 e. The quantitative estimate of drug-likeness (QED) is 0.744. The van der Waals surface area contributed by atoms with Crippen LogP contribution >= 0.6 is 0 Å². The van der Waals surface area contributed by atoms with Crippen molar-refractivity contribution in [3.05, 3.63) is 34.4 Å². The summed E-state index contributed by atoms with van der Waals surface area (Å²) in [4.78, 5) is 0. The minimum atomic E-state index is -0.789. The number of nitrogens with one attached hydrogen (secondary N) is 1. The monoisotopic (exact) mass is 265 g/mol. The Kier molecular flexibility index (Phi) is 5.98. The van der Waals surface area contributed by atoms with Crippen LogP contribution in [-0.2, 0) is 10.3 Å². The van der Waals surface area contributed by atoms with Gasteiger partial charge in [0, 0.05) is 13.7 Å². The summed E-state index contributed by atoms with van der Waals surface area (Å²) in [5.41, 5.74) is 3.90. The van der Waals surface area contributed by atoms with Gasteiger partial charge in [-0.25, -0.2) is 0 Å². The molecule has 2 N–H and O–H groups in total. The minimum absolute atomic E-state index is 0.694. The summed E-state index contributed by atoms with van der Waals surface area (Å²) in [6, 6.07) is 4.26. The van der Waals surface area contributed by atoms with Crippen molar-refractivity contribution in [3.8, 4) is 0 Å². The molecule has 0 fully saturated rings. The molecule has 0 saturated carbocycles. The Labute approximate surface area is 117 Å². The summed E-state index contributed by atoms with van der Waals surface area (Å²) >= 11 is 0. The van der Waals surface area contributed by atoms with Crippen LogP contribution in [0.3, 0.4) is 0 Å². The number of rotatable bonds is 7. The third-order valence-electron chi connectivity index (χ3n) is 3.69. The molecule has 1 rings (SSSR count). The number of benzene rings is 1. The van der Waals surface area contributed by atoms with Crippen LogP contribution in [0.25, 0.3) is 0 Å². The smallest absolute Gasteiger partial charge is 0.0883 e. The summed E-state index contributed by atoms with van der Waals surface area (Å²) in [6.45, 7) is 10.4. The second-order valence-corrected chi connectivity index (χ2v) is 5.52. The Morgan fingerprint density at radius 3 is 2.37 bits per heavy atom. The van der Waals surface area contributed by atoms with Crippen molar-refractivity contribution in [3.63, 3.8) is 0 Å². The Morgan fingerprint density at radius 2 is 1.74 bits per heavy atom. The second kappa shape index (κ2) is 7.04. The van der Waals surface area contributed by atoms with Crippen LogP contribution in [0.2, 0.25) is 0 Å². The molecule has 0 amide bonds. The molecule has 1 aromatic rings. The predicted octanol–water partition coefficient (Wildman–Crippen LogP) is 2.45. The molecule has 0 saturated heterocycles. The van der Waals surface area contributed by atoms with E-state index < -0.39 is 5.60 Å². The lowest BCUT2D eigenvalue weighted by Crippen LogP contribution is -2.30. The summed E-state index contributed by atoms with van der Waals surface area (Å²) in [6.07, 6.45) is 0.694. The molecule has 0 radical (unpaired) electrons. The molecule has 19 heavy (non-hydrogen) atoms. The first-order chi connectivity index (χ1) is 8.88. The molecule has 3 heteroatoms. The zero-order valence-electron chi connectivity index (χ0n) is 12.8. The zero-order valence-corrected chi connectivity index (χ0v) is 12.8. The number of methoxy groups -OCH3 is 1. The topological polar surface area (TPSA) is 41.5 Å². The zero-order chi connectivity index (χ0) is 14.5. The van der Waals surface area contributed by atoms with Gasteiger partial charge in [0.05, 0.1) is 12.2 Å². The molecule has 108 valence electrons. The van der Waals surface area contributed by atoms with Crippen molar-refractivity contribution in [2.45, 2.75) is 39.7 Å². The molecule has 0 aliphatic carbocycles. The van der Waals surface area contributed by atoms with Gasteiger partial charge >= 0.3 is 0 Å². The Hall–Kier alpha value is -0.900. The fraction of sp³-hybridized carbons (Fsp3) is 0.625. The van der Waals surface area contributed by atoms with Gasteiger partial charge in [0.25, 0.3) is 0 Å². The molecule has 1 atom stereocenters. The maximum atomic E-state index is 10.7. The van der Waals surface area contributed by atoms with E-state index in [1.165, 1.54) is 11.1 Å². The Bertz CT molecular complexity index is 413. The molecule has 1 unspecified atom stereocenters. The summed E-state index contributed by atoms with van der Waals surface area (Å²) in [7, 11) is 1.69. The van der Waals surface area contributed by atoms with Crippen LogP contribution in [0.1, 0.15) is 35.6 Å². The highest BCUT2D eigenvalue weighted by Gasteiger charge is 2.24. The molecule has 0 bridgehead atoms. The van der Waals surface area contributed by atoms with E-state index in [1.807, 2.05) is 6.92 Å². The lowest BCUT2D eigenvalue weighted by Gasteiger charge is -2.27. The number of aliphatic hydroxyl groups is 1. The number of hydrogen-bond donors (Lipinski definition) is 2. The first-order valence-electron chi connectivity index (χ1n) is 6.89. The largest absolute Gasteiger partial charge is 0.385 e. The van der Waals surface area contributed by atoms with Crippen molar-refractivity contribution in [1.29, 1.82) is 0 Å². The van der Waals surface area contributed by atoms with E-state index in [0.717, 1.165) is 24.2 Å². The van der Waals surface area contributed by atoms with Crippen LogP contribution < -0.4 is 5.32 Å². The third kappa shape index (κ3) is 4.60. The van der Waals surface area contributed by atoms with Gasteiger partial charge < -0.3 is 15.2 Å². The van der Waals surface area contributed by atoms with Gasteiger partial charge in [0.1, 0.15) is 0 Å². The molecule has 1 aromatic carbocycles. The lowest BCUT2D eigenvalue weighted by molar-refractivity contribution is 0.0468. The van der Waals surface area contributed by atoms with Gasteiger partial charge in [-0.2, -0.15) is 0 Å². The van der Waals surface area contributed by atoms with Crippen LogP contribution in [0, 0.1) is 20.8 Å². The van der Waals surface area contributed by atoms with Gasteiger partial charge in [0.2, 0.25) is 0 Å². The Balaban J connectivity index is 2.68. The predicted molar refractivity (Wildman–Crippen MR) is 79.6 cm³/mol. The van der Waals surface area contributed by atoms with E-state index in [2.05, 4.69) is 38.2 Å². The number of hydrogen-bond acceptors (Lipinski definition) is 3. The van der Waals surface area contributed by atoms with Gasteiger partial charge in [-0.3, -0.25) is 0 Å². The lowest BCUT2D eigenvalue weighted by atomic mass is 9.86. The van der Waals surface area contributed by atoms with E-state index in [4.69, 9.17) is 4.74 Å². The Morgan fingerprint density at radius 1 is 1.11 bits per heavy atom. The molecular weight excluding hydrogens is 238 g/mol. The van der Waals surface area contributed by atoms with Crippen molar-refractivity contribution < 1.29 is 9.84 Å². The van der Waals surface area contributed by atoms with Gasteiger partial charge in [-0.1, -0.05) is 12.1 Å². The van der Waals surface area contributed by atoms with Crippen molar-refractivity contribution in [2.24, 2.45) is 0 Å². The highest BCUT2D eigenvalue weighted by atomic mass is 16.5. The molecule has 3 nitrogen and oxygen atoms in total. The summed E-state index contributed by atoms with van der Waals surface area (Å²) < 4.78 is 4.98. The first kappa shape index (κ1) is 16.2. The normalized spacial score (nSPS) is 14.4. The van der Waals surface area contributed by atoms with E-state index in [0.29, 0.717) is 13.0 Å². The van der Waals surface area contributed by atoms with Gasteiger partial charge in [-0.15, -0.1) is 0 Å². The van der Waals surface area contributed by atoms with Crippen LogP contribution in [0.15, 0.2) is 12.1 Å². The standard InChI is InChI=1S/C16H27NO2/c1-12-10-14(3)15(11-13(12)2)16(4,18)6-7-17-8-9-19-5/h10-11,17-18H,6-9H2,1-5H3. The van der Waals surface area contributed by atoms with Crippen LogP contribution in [0.5, 0.6) is 0 Å². The molecule has 0 spiro atoms. The van der Waals surface area contributed by atoms with E-state index in [-0.39, 0.29) is 0 Å². The molecule has 0 aliphatic rings. The van der Waals surface area contributed by atoms with Gasteiger partial charge in [0.15, 0.2) is 0 Å². The number of aryl methyl sites for hydroxylation is 3. The highest BCUT2D eigenvalue weighted by molar-refractivity contribution is 5.39.